The number of nitrogens with zero attached hydrogens (tertiary/aromatic N) is 3. The molecule has 2 amide bonds. The molecule has 2 aromatic rings. The number of para-hydroxylation sites is 2. The number of benzene rings is 1. The fourth-order valence-electron chi connectivity index (χ4n) is 4.84. The lowest BCUT2D eigenvalue weighted by molar-refractivity contribution is 0.134. The van der Waals surface area contributed by atoms with E-state index in [0.717, 1.165) is 37.0 Å². The van der Waals surface area contributed by atoms with Crippen LogP contribution in [0.15, 0.2) is 29.1 Å². The van der Waals surface area contributed by atoms with Gasteiger partial charge in [-0.15, -0.1) is 0 Å². The van der Waals surface area contributed by atoms with Crippen molar-refractivity contribution in [1.29, 1.82) is 0 Å². The number of urea groups is 1. The molecule has 0 spiro atoms. The number of hydrogen-bond donors (Lipinski definition) is 2. The van der Waals surface area contributed by atoms with Gasteiger partial charge in [-0.1, -0.05) is 12.1 Å². The summed E-state index contributed by atoms with van der Waals surface area (Å²) in [6, 6.07) is 8.55. The topological polar surface area (TPSA) is 73.4 Å². The predicted molar refractivity (Wildman–Crippen MR) is 115 cm³/mol. The summed E-state index contributed by atoms with van der Waals surface area (Å²) in [5.74, 6) is 0.539. The summed E-state index contributed by atoms with van der Waals surface area (Å²) in [7, 11) is 0. The highest BCUT2D eigenvalue weighted by atomic mass is 16.2. The van der Waals surface area contributed by atoms with E-state index < -0.39 is 0 Å². The van der Waals surface area contributed by atoms with Crippen molar-refractivity contribution in [2.75, 3.05) is 32.7 Å². The zero-order valence-corrected chi connectivity index (χ0v) is 17.6. The van der Waals surface area contributed by atoms with Crippen LogP contribution in [0.4, 0.5) is 4.79 Å². The molecule has 3 heterocycles. The van der Waals surface area contributed by atoms with E-state index in [0.29, 0.717) is 25.0 Å². The number of aromatic amines is 1. The number of nitrogens with one attached hydrogen (secondary N) is 2. The molecule has 2 saturated heterocycles. The van der Waals surface area contributed by atoms with Crippen LogP contribution >= 0.6 is 0 Å². The predicted octanol–water partition coefficient (Wildman–Crippen LogP) is 2.80. The van der Waals surface area contributed by atoms with Crippen molar-refractivity contribution in [2.45, 2.75) is 51.6 Å². The third kappa shape index (κ3) is 4.34. The zero-order valence-electron chi connectivity index (χ0n) is 17.6. The number of H-pyrrole nitrogens is 1. The molecule has 2 fully saturated rings. The average molecular weight is 400 g/mol. The molecule has 1 atom stereocenters. The van der Waals surface area contributed by atoms with E-state index in [1.165, 1.54) is 19.4 Å². The van der Waals surface area contributed by atoms with Gasteiger partial charge in [0.25, 0.3) is 0 Å². The highest BCUT2D eigenvalue weighted by Gasteiger charge is 2.27. The Kier molecular flexibility index (Phi) is 5.94. The smallest absolute Gasteiger partial charge is 0.326 e. The van der Waals surface area contributed by atoms with Crippen molar-refractivity contribution in [2.24, 2.45) is 5.92 Å². The van der Waals surface area contributed by atoms with Crippen molar-refractivity contribution in [3.05, 3.63) is 34.7 Å². The van der Waals surface area contributed by atoms with Gasteiger partial charge in [-0.05, 0) is 64.1 Å². The second-order valence-corrected chi connectivity index (χ2v) is 8.82. The van der Waals surface area contributed by atoms with Crippen molar-refractivity contribution in [3.8, 4) is 0 Å². The van der Waals surface area contributed by atoms with Crippen molar-refractivity contribution in [3.63, 3.8) is 0 Å². The van der Waals surface area contributed by atoms with Gasteiger partial charge in [0.05, 0.1) is 11.0 Å². The fourth-order valence-corrected chi connectivity index (χ4v) is 4.84. The molecule has 2 aliphatic heterocycles. The summed E-state index contributed by atoms with van der Waals surface area (Å²) >= 11 is 0. The molecule has 2 aliphatic rings. The standard InChI is InChI=1S/C22H33N5O2/c1-16(2)26-11-5-6-17(15-26)14-23-21(28)25-12-9-18(10-13-25)27-20-8-4-3-7-19(20)24-22(27)29/h3-4,7-8,16-18H,5-6,9-15H2,1-2H3,(H,23,28)(H,24,29). The molecular weight excluding hydrogens is 366 g/mol. The monoisotopic (exact) mass is 399 g/mol. The number of carbonyl (C=O) groups excluding carboxylic acids is 1. The molecule has 0 saturated carbocycles. The van der Waals surface area contributed by atoms with Gasteiger partial charge in [-0.2, -0.15) is 0 Å². The molecule has 2 N–H and O–H groups in total. The molecule has 1 aromatic heterocycles. The van der Waals surface area contributed by atoms with E-state index in [1.807, 2.05) is 33.7 Å². The van der Waals surface area contributed by atoms with Crippen molar-refractivity contribution < 1.29 is 4.79 Å². The van der Waals surface area contributed by atoms with Gasteiger partial charge in [0.15, 0.2) is 0 Å². The summed E-state index contributed by atoms with van der Waals surface area (Å²) in [5.41, 5.74) is 1.77. The number of fused-ring (bicyclic) bond motifs is 1. The maximum atomic E-state index is 12.7. The first-order valence-corrected chi connectivity index (χ1v) is 11.0. The van der Waals surface area contributed by atoms with E-state index >= 15 is 0 Å². The van der Waals surface area contributed by atoms with Gasteiger partial charge in [0.2, 0.25) is 0 Å². The highest BCUT2D eigenvalue weighted by Crippen LogP contribution is 2.25. The maximum Gasteiger partial charge on any atom is 0.326 e. The van der Waals surface area contributed by atoms with Crippen LogP contribution < -0.4 is 11.0 Å². The molecule has 0 radical (unpaired) electrons. The Morgan fingerprint density at radius 2 is 1.93 bits per heavy atom. The first kappa shape index (κ1) is 20.0. The van der Waals surface area contributed by atoms with E-state index in [-0.39, 0.29) is 17.8 Å². The first-order chi connectivity index (χ1) is 14.0. The van der Waals surface area contributed by atoms with Crippen molar-refractivity contribution >= 4 is 17.1 Å². The number of likely N-dealkylation sites (tertiary alicyclic amines) is 2. The normalized spacial score (nSPS) is 21.8. The number of piperidine rings is 2. The minimum atomic E-state index is -0.0545. The van der Waals surface area contributed by atoms with E-state index in [1.54, 1.807) is 0 Å². The van der Waals surface area contributed by atoms with Gasteiger partial charge >= 0.3 is 11.7 Å². The number of hydrogen-bond acceptors (Lipinski definition) is 3. The lowest BCUT2D eigenvalue weighted by atomic mass is 9.97. The summed E-state index contributed by atoms with van der Waals surface area (Å²) in [4.78, 5) is 32.4. The Balaban J connectivity index is 1.30. The number of carbonyl (C=O) groups is 1. The van der Waals surface area contributed by atoms with Crippen LogP contribution in [0.5, 0.6) is 0 Å². The second-order valence-electron chi connectivity index (χ2n) is 8.82. The zero-order chi connectivity index (χ0) is 20.4. The average Bonchev–Trinajstić information content (AvgIpc) is 3.08. The van der Waals surface area contributed by atoms with Crippen LogP contribution in [0.2, 0.25) is 0 Å². The van der Waals surface area contributed by atoms with Crippen molar-refractivity contribution in [1.82, 2.24) is 24.7 Å². The number of aromatic nitrogens is 2. The Hall–Kier alpha value is -2.28. The molecule has 29 heavy (non-hydrogen) atoms. The van der Waals surface area contributed by atoms with Gasteiger partial charge in [-0.3, -0.25) is 4.57 Å². The summed E-state index contributed by atoms with van der Waals surface area (Å²) < 4.78 is 1.87. The summed E-state index contributed by atoms with van der Waals surface area (Å²) in [6.45, 7) is 8.85. The van der Waals surface area contributed by atoms with Gasteiger partial charge in [-0.25, -0.2) is 9.59 Å². The van der Waals surface area contributed by atoms with Gasteiger partial charge in [0, 0.05) is 38.3 Å². The maximum absolute atomic E-state index is 12.7. The SMILES string of the molecule is CC(C)N1CCCC(CNC(=O)N2CCC(n3c(=O)[nH]c4ccccc43)CC2)C1. The first-order valence-electron chi connectivity index (χ1n) is 11.0. The number of amides is 2. The molecule has 7 nitrogen and oxygen atoms in total. The molecule has 1 unspecified atom stereocenters. The Morgan fingerprint density at radius 3 is 2.69 bits per heavy atom. The lowest BCUT2D eigenvalue weighted by Gasteiger charge is -2.36. The summed E-state index contributed by atoms with van der Waals surface area (Å²) in [6.07, 6.45) is 4.01. The second kappa shape index (κ2) is 8.61. The van der Waals surface area contributed by atoms with Crippen LogP contribution in [0.25, 0.3) is 11.0 Å². The molecule has 4 rings (SSSR count). The van der Waals surface area contributed by atoms with Crippen LogP contribution in [-0.4, -0.2) is 64.1 Å². The molecule has 1 aromatic carbocycles. The molecule has 7 heteroatoms. The number of imidazole rings is 1. The molecule has 0 aliphatic carbocycles. The van der Waals surface area contributed by atoms with Crippen LogP contribution in [0.1, 0.15) is 45.6 Å². The van der Waals surface area contributed by atoms with E-state index in [9.17, 15) is 9.59 Å². The van der Waals surface area contributed by atoms with E-state index in [4.69, 9.17) is 0 Å². The quantitative estimate of drug-likeness (QED) is 0.830. The van der Waals surface area contributed by atoms with Crippen LogP contribution in [-0.2, 0) is 0 Å². The van der Waals surface area contributed by atoms with Gasteiger partial charge in [0.1, 0.15) is 0 Å². The molecule has 0 bridgehead atoms. The van der Waals surface area contributed by atoms with Crippen LogP contribution in [0, 0.1) is 5.92 Å². The highest BCUT2D eigenvalue weighted by molar-refractivity contribution is 5.75. The Bertz CT molecular complexity index is 894. The molecular formula is C22H33N5O2. The Labute approximate surface area is 172 Å². The summed E-state index contributed by atoms with van der Waals surface area (Å²) in [5, 5.41) is 3.16. The fraction of sp³-hybridized carbons (Fsp3) is 0.636. The third-order valence-electron chi connectivity index (χ3n) is 6.56. The lowest BCUT2D eigenvalue weighted by Crippen LogP contribution is -2.48. The van der Waals surface area contributed by atoms with E-state index in [2.05, 4.69) is 29.0 Å². The van der Waals surface area contributed by atoms with Crippen LogP contribution in [0.3, 0.4) is 0 Å². The Morgan fingerprint density at radius 1 is 1.17 bits per heavy atom. The largest absolute Gasteiger partial charge is 0.338 e. The minimum absolute atomic E-state index is 0.0383. The number of rotatable bonds is 4. The third-order valence-corrected chi connectivity index (χ3v) is 6.56. The van der Waals surface area contributed by atoms with Gasteiger partial charge < -0.3 is 20.1 Å². The molecule has 158 valence electrons. The minimum Gasteiger partial charge on any atom is -0.338 e.